The summed E-state index contributed by atoms with van der Waals surface area (Å²) in [7, 11) is 0. The van der Waals surface area contributed by atoms with E-state index in [4.69, 9.17) is 9.40 Å². The highest BCUT2D eigenvalue weighted by Crippen LogP contribution is 2.36. The summed E-state index contributed by atoms with van der Waals surface area (Å²) in [5.41, 5.74) is 6.41. The van der Waals surface area contributed by atoms with E-state index in [-0.39, 0.29) is 28.7 Å². The van der Waals surface area contributed by atoms with Crippen molar-refractivity contribution in [2.24, 2.45) is 0 Å². The van der Waals surface area contributed by atoms with Crippen LogP contribution >= 0.6 is 0 Å². The van der Waals surface area contributed by atoms with Gasteiger partial charge in [-0.05, 0) is 101 Å². The Morgan fingerprint density at radius 3 is 1.58 bits per heavy atom. The molecule has 0 N–H and O–H groups in total. The van der Waals surface area contributed by atoms with Crippen molar-refractivity contribution in [1.82, 2.24) is 15.0 Å². The average Bonchev–Trinajstić information content (AvgIpc) is 3.71. The number of fused-ring (bicyclic) bond motifs is 3. The first-order chi connectivity index (χ1) is 31.0. The molecule has 278 valence electrons. The van der Waals surface area contributed by atoms with Crippen molar-refractivity contribution in [3.63, 3.8) is 0 Å². The molecule has 5 aromatic carbocycles. The molecule has 4 heteroatoms. The van der Waals surface area contributed by atoms with E-state index in [1.165, 1.54) is 30.6 Å². The van der Waals surface area contributed by atoms with Gasteiger partial charge in [0.15, 0.2) is 0 Å². The van der Waals surface area contributed by atoms with Gasteiger partial charge in [-0.1, -0.05) is 141 Å². The second-order valence-electron chi connectivity index (χ2n) is 14.8. The van der Waals surface area contributed by atoms with Crippen LogP contribution in [-0.4, -0.2) is 15.0 Å². The van der Waals surface area contributed by atoms with E-state index in [2.05, 4.69) is 9.97 Å². The number of hydrogen-bond donors (Lipinski definition) is 0. The fourth-order valence-corrected chi connectivity index (χ4v) is 7.24. The zero-order chi connectivity index (χ0) is 45.8. The lowest BCUT2D eigenvalue weighted by atomic mass is 9.79. The number of aryl methyl sites for hydroxylation is 4. The maximum Gasteiger partial charge on any atom is 0.144 e. The van der Waals surface area contributed by atoms with Gasteiger partial charge in [0.1, 0.15) is 11.2 Å². The Morgan fingerprint density at radius 1 is 0.474 bits per heavy atom. The van der Waals surface area contributed by atoms with Crippen molar-refractivity contribution >= 4 is 21.9 Å². The largest absolute Gasteiger partial charge is 0.455 e. The van der Waals surface area contributed by atoms with Gasteiger partial charge in [-0.15, -0.1) is 0 Å². The molecular weight excluding hydrogens is 695 g/mol. The third-order valence-corrected chi connectivity index (χ3v) is 10.2. The number of nitrogens with zero attached hydrogens (tertiary/aromatic N) is 3. The number of furan rings is 1. The van der Waals surface area contributed by atoms with E-state index in [0.717, 1.165) is 49.9 Å². The molecule has 0 bridgehead atoms. The summed E-state index contributed by atoms with van der Waals surface area (Å²) < 4.78 is 81.2. The van der Waals surface area contributed by atoms with Crippen LogP contribution in [0.4, 0.5) is 0 Å². The van der Waals surface area contributed by atoms with Crippen LogP contribution in [0.3, 0.4) is 0 Å². The van der Waals surface area contributed by atoms with Crippen LogP contribution < -0.4 is 0 Å². The molecule has 4 nitrogen and oxygen atoms in total. The summed E-state index contributed by atoms with van der Waals surface area (Å²) in [5, 5.41) is 2.02. The molecule has 0 atom stereocenters. The topological polar surface area (TPSA) is 51.8 Å². The maximum absolute atomic E-state index is 9.46. The molecular formula is C53H45N3O. The number of hydrogen-bond acceptors (Lipinski definition) is 4. The lowest BCUT2D eigenvalue weighted by Gasteiger charge is -2.26. The molecule has 0 aliphatic carbocycles. The van der Waals surface area contributed by atoms with Gasteiger partial charge in [-0.2, -0.15) is 0 Å². The summed E-state index contributed by atoms with van der Waals surface area (Å²) in [5.74, 6) is 0. The van der Waals surface area contributed by atoms with Gasteiger partial charge in [0.05, 0.1) is 17.1 Å². The summed E-state index contributed by atoms with van der Waals surface area (Å²) >= 11 is 0. The first-order valence-corrected chi connectivity index (χ1v) is 19.0. The zero-order valence-electron chi connectivity index (χ0n) is 39.7. The molecule has 9 aromatic rings. The van der Waals surface area contributed by atoms with E-state index in [1.54, 1.807) is 30.5 Å². The average molecular weight is 748 g/mol. The Kier molecular flexibility index (Phi) is 7.74. The van der Waals surface area contributed by atoms with Crippen LogP contribution in [0, 0.1) is 0 Å². The Hall–Kier alpha value is -6.65. The fraction of sp³-hybridized carbons (Fsp3) is 0.151. The highest BCUT2D eigenvalue weighted by atomic mass is 16.3. The zero-order valence-corrected chi connectivity index (χ0v) is 31.7. The SMILES string of the molecule is [2H]C([2H])(c1ccc(-c2ccccc2)nc1)C([2H])([2H])c1cc(CC(C)(C)c2ccc(-c3cccc4c3oc3ccccc34)nc2)cc(C([2H])([2H])C([2H])([2H])c2ccc(-c3ccccc3)nc2)c1. The Balaban J connectivity index is 1.09. The first-order valence-electron chi connectivity index (χ1n) is 23.0. The van der Waals surface area contributed by atoms with Crippen LogP contribution in [0.2, 0.25) is 0 Å². The first kappa shape index (κ1) is 27.9. The number of aromatic nitrogens is 3. The van der Waals surface area contributed by atoms with Gasteiger partial charge >= 0.3 is 0 Å². The summed E-state index contributed by atoms with van der Waals surface area (Å²) in [6.45, 7) is 4.02. The normalized spacial score (nSPS) is 14.8. The lowest BCUT2D eigenvalue weighted by Crippen LogP contribution is -2.21. The minimum absolute atomic E-state index is 0.00175. The second kappa shape index (κ2) is 15.8. The quantitative estimate of drug-likeness (QED) is 0.125. The Bertz CT molecular complexity index is 3010. The van der Waals surface area contributed by atoms with E-state index in [0.29, 0.717) is 17.0 Å². The van der Waals surface area contributed by atoms with E-state index < -0.39 is 30.9 Å². The fourth-order valence-electron chi connectivity index (χ4n) is 7.24. The molecule has 0 amide bonds. The summed E-state index contributed by atoms with van der Waals surface area (Å²) in [6.07, 6.45) is -6.03. The molecule has 0 unspecified atom stereocenters. The molecule has 0 aliphatic rings. The smallest absolute Gasteiger partial charge is 0.144 e. The molecule has 0 spiro atoms. The van der Waals surface area contributed by atoms with Gasteiger partial charge in [0, 0.05) is 57.0 Å². The molecule has 9 rings (SSSR count). The highest BCUT2D eigenvalue weighted by molar-refractivity contribution is 6.09. The predicted octanol–water partition coefficient (Wildman–Crippen LogP) is 12.9. The van der Waals surface area contributed by atoms with Crippen LogP contribution in [0.15, 0.2) is 181 Å². The lowest BCUT2D eigenvalue weighted by molar-refractivity contribution is 0.520. The van der Waals surface area contributed by atoms with Crippen LogP contribution in [0.5, 0.6) is 0 Å². The van der Waals surface area contributed by atoms with E-state index >= 15 is 0 Å². The van der Waals surface area contributed by atoms with Crippen molar-refractivity contribution < 1.29 is 15.4 Å². The molecule has 0 saturated heterocycles. The number of benzene rings is 5. The minimum Gasteiger partial charge on any atom is -0.455 e. The number of pyridine rings is 3. The molecule has 0 aliphatic heterocycles. The Labute approximate surface area is 346 Å². The van der Waals surface area contributed by atoms with Crippen LogP contribution in [0.1, 0.15) is 58.2 Å². The van der Waals surface area contributed by atoms with Gasteiger partial charge in [0.2, 0.25) is 0 Å². The highest BCUT2D eigenvalue weighted by Gasteiger charge is 2.23. The summed E-state index contributed by atoms with van der Waals surface area (Å²) in [6, 6.07) is 47.4. The van der Waals surface area contributed by atoms with Crippen molar-refractivity contribution in [1.29, 1.82) is 0 Å². The maximum atomic E-state index is 9.46. The predicted molar refractivity (Wildman–Crippen MR) is 234 cm³/mol. The number of rotatable bonds is 12. The molecule has 0 saturated carbocycles. The van der Waals surface area contributed by atoms with Gasteiger partial charge < -0.3 is 4.42 Å². The monoisotopic (exact) mass is 747 g/mol. The molecule has 57 heavy (non-hydrogen) atoms. The van der Waals surface area contributed by atoms with Crippen molar-refractivity contribution in [2.75, 3.05) is 0 Å². The van der Waals surface area contributed by atoms with Crippen molar-refractivity contribution in [2.45, 2.75) is 51.2 Å². The third-order valence-electron chi connectivity index (χ3n) is 10.2. The van der Waals surface area contributed by atoms with Crippen LogP contribution in [-0.2, 0) is 37.3 Å². The number of para-hydroxylation sites is 2. The van der Waals surface area contributed by atoms with Crippen LogP contribution in [0.25, 0.3) is 55.7 Å². The van der Waals surface area contributed by atoms with E-state index in [1.807, 2.05) is 129 Å². The van der Waals surface area contributed by atoms with Gasteiger partial charge in [-0.3, -0.25) is 15.0 Å². The minimum atomic E-state index is -2.74. The molecule has 4 aromatic heterocycles. The summed E-state index contributed by atoms with van der Waals surface area (Å²) in [4.78, 5) is 13.9. The van der Waals surface area contributed by atoms with Gasteiger partial charge in [0.25, 0.3) is 0 Å². The molecule has 0 fully saturated rings. The Morgan fingerprint density at radius 2 is 1.00 bits per heavy atom. The van der Waals surface area contributed by atoms with Crippen molar-refractivity contribution in [3.8, 4) is 33.8 Å². The standard InChI is InChI=1S/C53H45N3O/c1-53(2,44-26-29-50(56-36-44)47-18-11-17-46-45-16-9-10-19-51(45)57-52(46)47)33-41-31-39(22-20-37-24-27-48(54-34-37)42-12-5-3-6-13-42)30-40(32-41)23-21-38-25-28-49(55-35-38)43-14-7-4-8-15-43/h3-19,24-32,34-36H,20-23,33H2,1-2H3/i20D2,21D2,22D2,23D2. The van der Waals surface area contributed by atoms with Gasteiger partial charge in [-0.25, -0.2) is 0 Å². The third kappa shape index (κ3) is 8.03. The van der Waals surface area contributed by atoms with Crippen molar-refractivity contribution in [3.05, 3.63) is 210 Å². The molecule has 4 heterocycles. The molecule has 0 radical (unpaired) electrons. The van der Waals surface area contributed by atoms with E-state index in [9.17, 15) is 11.0 Å². The second-order valence-corrected chi connectivity index (χ2v) is 14.8.